The van der Waals surface area contributed by atoms with Crippen molar-refractivity contribution in [1.82, 2.24) is 0 Å². The Labute approximate surface area is 247 Å². The number of benzene rings is 2. The number of fused-ring (bicyclic) bond motifs is 2. The maximum atomic E-state index is 11.3. The minimum atomic E-state index is -4.09. The molecule has 216 valence electrons. The number of allylic oxidation sites excluding steroid dienone is 2. The summed E-state index contributed by atoms with van der Waals surface area (Å²) < 4.78 is 72.3. The van der Waals surface area contributed by atoms with E-state index in [1.807, 2.05) is 40.7 Å². The van der Waals surface area contributed by atoms with Gasteiger partial charge in [-0.15, -0.1) is 0 Å². The molecule has 0 unspecified atom stereocenters. The van der Waals surface area contributed by atoms with Crippen LogP contribution in [-0.2, 0) is 26.8 Å². The summed E-state index contributed by atoms with van der Waals surface area (Å²) in [6, 6.07) is 10.8. The predicted molar refractivity (Wildman–Crippen MR) is 159 cm³/mol. The lowest BCUT2D eigenvalue weighted by Crippen LogP contribution is -2.36. The Morgan fingerprint density at radius 2 is 1.68 bits per heavy atom. The fourth-order valence-corrected chi connectivity index (χ4v) is 6.89. The van der Waals surface area contributed by atoms with Gasteiger partial charge < -0.3 is 9.64 Å². The largest absolute Gasteiger partial charge is 0.439 e. The van der Waals surface area contributed by atoms with Crippen molar-refractivity contribution in [2.24, 2.45) is 0 Å². The van der Waals surface area contributed by atoms with E-state index in [-0.39, 0.29) is 24.3 Å². The molecule has 2 heterocycles. The quantitative estimate of drug-likeness (QED) is 0.140. The molecule has 9 nitrogen and oxygen atoms in total. The van der Waals surface area contributed by atoms with Crippen LogP contribution in [0.15, 0.2) is 53.9 Å². The molecule has 0 radical (unpaired) electrons. The van der Waals surface area contributed by atoms with E-state index in [0.717, 1.165) is 26.5 Å². The molecule has 2 aromatic carbocycles. The van der Waals surface area contributed by atoms with E-state index in [4.69, 9.17) is 32.5 Å². The average molecular weight is 649 g/mol. The van der Waals surface area contributed by atoms with Gasteiger partial charge in [0.05, 0.1) is 17.2 Å². The van der Waals surface area contributed by atoms with Crippen molar-refractivity contribution in [3.63, 3.8) is 0 Å². The lowest BCUT2D eigenvalue weighted by atomic mass is 10.1. The molecule has 4 rings (SSSR count). The normalized spacial score (nSPS) is 15.2. The van der Waals surface area contributed by atoms with E-state index >= 15 is 0 Å². The molecule has 0 atom stereocenters. The third kappa shape index (κ3) is 8.19. The fourth-order valence-electron chi connectivity index (χ4n) is 4.35. The number of thiazole rings is 1. The molecule has 1 aromatic heterocycles. The molecule has 0 fully saturated rings. The van der Waals surface area contributed by atoms with Crippen molar-refractivity contribution in [1.29, 1.82) is 0 Å². The zero-order valence-corrected chi connectivity index (χ0v) is 25.5. The third-order valence-electron chi connectivity index (χ3n) is 6.23. The molecule has 3 aromatic rings. The van der Waals surface area contributed by atoms with E-state index in [1.165, 1.54) is 11.3 Å². The number of aryl methyl sites for hydroxylation is 1. The number of halogens is 2. The number of ether oxygens (including phenoxy) is 1. The topological polar surface area (TPSA) is 125 Å². The number of anilines is 1. The first-order chi connectivity index (χ1) is 18.8. The highest BCUT2D eigenvalue weighted by Crippen LogP contribution is 2.41. The molecule has 0 saturated heterocycles. The van der Waals surface area contributed by atoms with Crippen LogP contribution in [0.3, 0.4) is 0 Å². The van der Waals surface area contributed by atoms with Crippen LogP contribution in [0.25, 0.3) is 16.3 Å². The number of nitrogens with zero attached hydrogens (tertiary/aromatic N) is 2. The van der Waals surface area contributed by atoms with Gasteiger partial charge in [0, 0.05) is 41.2 Å². The van der Waals surface area contributed by atoms with Crippen LogP contribution < -0.4 is 14.2 Å². The number of hydrogen-bond donors (Lipinski definition) is 2. The van der Waals surface area contributed by atoms with E-state index < -0.39 is 20.2 Å². The van der Waals surface area contributed by atoms with E-state index in [9.17, 15) is 21.4 Å². The maximum absolute atomic E-state index is 11.3. The van der Waals surface area contributed by atoms with Crippen molar-refractivity contribution in [3.8, 4) is 5.75 Å². The van der Waals surface area contributed by atoms with Crippen LogP contribution >= 0.6 is 34.5 Å². The van der Waals surface area contributed by atoms with Crippen molar-refractivity contribution >= 4 is 76.8 Å². The summed E-state index contributed by atoms with van der Waals surface area (Å²) in [7, 11) is -8.13. The summed E-state index contributed by atoms with van der Waals surface area (Å²) in [5.41, 5.74) is 2.55. The van der Waals surface area contributed by atoms with Crippen LogP contribution in [0, 0.1) is 0 Å². The van der Waals surface area contributed by atoms with Gasteiger partial charge in [-0.2, -0.15) is 21.4 Å². The highest BCUT2D eigenvalue weighted by atomic mass is 35.5. The summed E-state index contributed by atoms with van der Waals surface area (Å²) in [6.45, 7) is 2.81. The van der Waals surface area contributed by atoms with Gasteiger partial charge in [0.25, 0.3) is 25.2 Å². The smallest absolute Gasteiger partial charge is 0.265 e. The van der Waals surface area contributed by atoms with Gasteiger partial charge in [-0.1, -0.05) is 41.5 Å². The molecule has 0 amide bonds. The summed E-state index contributed by atoms with van der Waals surface area (Å²) >= 11 is 14.0. The highest BCUT2D eigenvalue weighted by molar-refractivity contribution is 7.86. The van der Waals surface area contributed by atoms with Gasteiger partial charge in [-0.25, -0.2) is 0 Å². The number of rotatable bonds is 12. The molecule has 1 aliphatic rings. The molecule has 0 bridgehead atoms. The average Bonchev–Trinajstić information content (AvgIpc) is 3.36. The zero-order valence-electron chi connectivity index (χ0n) is 21.6. The molecule has 14 heteroatoms. The lowest BCUT2D eigenvalue weighted by Gasteiger charge is -2.18. The first-order valence-electron chi connectivity index (χ1n) is 12.5. The van der Waals surface area contributed by atoms with Gasteiger partial charge >= 0.3 is 0 Å². The van der Waals surface area contributed by atoms with Gasteiger partial charge in [0.15, 0.2) is 12.3 Å². The Balaban J connectivity index is 1.68. The molecule has 0 spiro atoms. The van der Waals surface area contributed by atoms with Gasteiger partial charge in [-0.3, -0.25) is 9.11 Å². The molecule has 1 aliphatic heterocycles. The highest BCUT2D eigenvalue weighted by Gasteiger charge is 2.27. The maximum Gasteiger partial charge on any atom is 0.265 e. The van der Waals surface area contributed by atoms with Crippen LogP contribution in [0.5, 0.6) is 5.75 Å². The van der Waals surface area contributed by atoms with Gasteiger partial charge in [0.2, 0.25) is 11.4 Å². The second-order valence-electron chi connectivity index (χ2n) is 9.26. The minimum Gasteiger partial charge on any atom is -0.439 e. The third-order valence-corrected chi connectivity index (χ3v) is 9.42. The SMILES string of the molecule is CCC(=C/c1sc2ccc(Cl)cc2[n+]1CCCS(=O)(=O)O)/C=C1/Oc2ccc(Cl)cc2N1CCCCS(=O)(=O)O. The second-order valence-corrected chi connectivity index (χ2v) is 14.3. The number of hydrogen-bond acceptors (Lipinski definition) is 7. The fraction of sp³-hybridized carbons (Fsp3) is 0.346. The standard InChI is InChI=1S/C26H28Cl2N2O7S3/c1-2-18(15-26-30(11-5-13-40(34,35)36)22-17-20(28)7-9-24(22)38-26)14-25-29(10-3-4-12-39(31,32)33)21-16-19(27)6-8-23(21)37-25/h6-9,14-17H,2-5,10-13H2,1H3,(H-,31,32,33,34,35,36)/p+1. The number of unbranched alkanes of at least 4 members (excludes halogenated alkanes) is 1. The van der Waals surface area contributed by atoms with E-state index in [2.05, 4.69) is 0 Å². The van der Waals surface area contributed by atoms with E-state index in [0.29, 0.717) is 47.6 Å². The molecular formula is C26H29Cl2N2O7S3+. The van der Waals surface area contributed by atoms with Gasteiger partial charge in [-0.05, 0) is 55.2 Å². The van der Waals surface area contributed by atoms with Gasteiger partial charge in [0.1, 0.15) is 4.70 Å². The van der Waals surface area contributed by atoms with Crippen LogP contribution in [-0.4, -0.2) is 44.0 Å². The van der Waals surface area contributed by atoms with Crippen LogP contribution in [0.4, 0.5) is 5.69 Å². The Bertz CT molecular complexity index is 1680. The Morgan fingerprint density at radius 3 is 2.38 bits per heavy atom. The molecule has 40 heavy (non-hydrogen) atoms. The summed E-state index contributed by atoms with van der Waals surface area (Å²) in [5, 5.41) is 1.97. The van der Waals surface area contributed by atoms with Crippen LogP contribution in [0.1, 0.15) is 37.6 Å². The molecular weight excluding hydrogens is 619 g/mol. The van der Waals surface area contributed by atoms with Crippen molar-refractivity contribution in [2.45, 2.75) is 39.2 Å². The summed E-state index contributed by atoms with van der Waals surface area (Å²) in [5.74, 6) is 0.501. The van der Waals surface area contributed by atoms with Crippen molar-refractivity contribution < 1.29 is 35.2 Å². The Hall–Kier alpha value is -2.19. The van der Waals surface area contributed by atoms with E-state index in [1.54, 1.807) is 24.3 Å². The van der Waals surface area contributed by atoms with Crippen LogP contribution in [0.2, 0.25) is 10.0 Å². The molecule has 0 saturated carbocycles. The minimum absolute atomic E-state index is 0.224. The molecule has 0 aliphatic carbocycles. The molecule has 2 N–H and O–H groups in total. The first kappa shape index (κ1) is 30.8. The first-order valence-corrected chi connectivity index (χ1v) is 17.3. The Morgan fingerprint density at radius 1 is 1.00 bits per heavy atom. The second kappa shape index (κ2) is 12.8. The lowest BCUT2D eigenvalue weighted by molar-refractivity contribution is -0.668. The Kier molecular flexibility index (Phi) is 9.82. The van der Waals surface area contributed by atoms with Crippen molar-refractivity contribution in [2.75, 3.05) is 23.0 Å². The van der Waals surface area contributed by atoms with Crippen molar-refractivity contribution in [3.05, 3.63) is 69.0 Å². The zero-order chi connectivity index (χ0) is 29.1. The monoisotopic (exact) mass is 647 g/mol. The summed E-state index contributed by atoms with van der Waals surface area (Å²) in [4.78, 5) is 1.93. The summed E-state index contributed by atoms with van der Waals surface area (Å²) in [6.07, 6.45) is 5.57. The number of aromatic nitrogens is 1. The predicted octanol–water partition coefficient (Wildman–Crippen LogP) is 5.98.